The number of rotatable bonds is 4. The average molecular weight is 333 g/mol. The summed E-state index contributed by atoms with van der Waals surface area (Å²) in [5.41, 5.74) is -0.00868. The van der Waals surface area contributed by atoms with Gasteiger partial charge in [0.2, 0.25) is 5.28 Å². The molecule has 0 aliphatic heterocycles. The minimum atomic E-state index is -0.717. The van der Waals surface area contributed by atoms with Crippen molar-refractivity contribution in [2.45, 2.75) is 6.54 Å². The van der Waals surface area contributed by atoms with E-state index >= 15 is 0 Å². The van der Waals surface area contributed by atoms with Gasteiger partial charge >= 0.3 is 0 Å². The van der Waals surface area contributed by atoms with Crippen molar-refractivity contribution in [3.05, 3.63) is 44.8 Å². The zero-order valence-corrected chi connectivity index (χ0v) is 12.5. The van der Waals surface area contributed by atoms with E-state index in [0.717, 1.165) is 4.57 Å². The number of aryl methyl sites for hydroxylation is 1. The number of nitrogens with one attached hydrogen (secondary N) is 1. The number of amides is 1. The summed E-state index contributed by atoms with van der Waals surface area (Å²) in [4.78, 5) is 27.5. The predicted octanol–water partition coefficient (Wildman–Crippen LogP) is 2.11. The molecule has 112 valence electrons. The molecule has 1 N–H and O–H groups in total. The molecular formula is C12H11Cl2FN4O2. The van der Waals surface area contributed by atoms with Gasteiger partial charge in [-0.15, -0.1) is 0 Å². The fourth-order valence-electron chi connectivity index (χ4n) is 1.72. The third-order valence-corrected chi connectivity index (χ3v) is 3.41. The summed E-state index contributed by atoms with van der Waals surface area (Å²) in [6, 6.07) is 1.30. The van der Waals surface area contributed by atoms with Crippen LogP contribution >= 0.6 is 23.2 Å². The molecule has 1 amide bonds. The molecular weight excluding hydrogens is 322 g/mol. The third kappa shape index (κ3) is 3.25. The number of pyridine rings is 1. The maximum Gasteiger partial charge on any atom is 0.274 e. The van der Waals surface area contributed by atoms with E-state index in [9.17, 15) is 14.0 Å². The largest absolute Gasteiger partial charge is 0.319 e. The van der Waals surface area contributed by atoms with Gasteiger partial charge in [-0.1, -0.05) is 11.6 Å². The smallest absolute Gasteiger partial charge is 0.274 e. The molecule has 0 bridgehead atoms. The second-order valence-corrected chi connectivity index (χ2v) is 4.94. The van der Waals surface area contributed by atoms with Crippen LogP contribution in [0.3, 0.4) is 0 Å². The summed E-state index contributed by atoms with van der Waals surface area (Å²) in [5.74, 6) is -0.474. The van der Waals surface area contributed by atoms with Crippen LogP contribution in [0, 0.1) is 0 Å². The molecule has 0 atom stereocenters. The second-order valence-electron chi connectivity index (χ2n) is 4.19. The Morgan fingerprint density at radius 3 is 2.76 bits per heavy atom. The van der Waals surface area contributed by atoms with Crippen LogP contribution in [0.15, 0.2) is 23.3 Å². The molecule has 2 heterocycles. The van der Waals surface area contributed by atoms with Crippen molar-refractivity contribution in [3.8, 4) is 0 Å². The molecule has 0 aliphatic carbocycles. The third-order valence-electron chi connectivity index (χ3n) is 2.79. The SMILES string of the molecule is Cn1c(C(=O)Nc2cc(Cl)c(=O)n(CCF)c2)cnc1Cl. The van der Waals surface area contributed by atoms with E-state index in [2.05, 4.69) is 10.3 Å². The van der Waals surface area contributed by atoms with Crippen LogP contribution in [0.4, 0.5) is 10.1 Å². The van der Waals surface area contributed by atoms with Gasteiger partial charge in [0, 0.05) is 13.2 Å². The zero-order valence-electron chi connectivity index (χ0n) is 10.9. The van der Waals surface area contributed by atoms with Gasteiger partial charge in [-0.05, 0) is 17.7 Å². The number of imidazole rings is 1. The van der Waals surface area contributed by atoms with E-state index in [1.807, 2.05) is 0 Å². The van der Waals surface area contributed by atoms with Crippen molar-refractivity contribution in [1.29, 1.82) is 0 Å². The lowest BCUT2D eigenvalue weighted by Gasteiger charge is -2.09. The Balaban J connectivity index is 2.29. The molecule has 2 aromatic heterocycles. The van der Waals surface area contributed by atoms with Gasteiger partial charge in [0.1, 0.15) is 17.4 Å². The molecule has 0 unspecified atom stereocenters. The summed E-state index contributed by atoms with van der Waals surface area (Å²) in [6.45, 7) is -0.856. The standard InChI is InChI=1S/C12H11Cl2FN4O2/c1-18-9(5-16-12(18)14)10(20)17-7-4-8(13)11(21)19(6-7)3-2-15/h4-6H,2-3H2,1H3,(H,17,20). The molecule has 9 heteroatoms. The Hall–Kier alpha value is -1.86. The van der Waals surface area contributed by atoms with Gasteiger partial charge in [0.15, 0.2) is 0 Å². The van der Waals surface area contributed by atoms with Crippen molar-refractivity contribution in [2.75, 3.05) is 12.0 Å². The first-order valence-electron chi connectivity index (χ1n) is 5.88. The van der Waals surface area contributed by atoms with Crippen LogP contribution in [0.1, 0.15) is 10.5 Å². The first kappa shape index (κ1) is 15.5. The predicted molar refractivity (Wildman–Crippen MR) is 77.9 cm³/mol. The number of alkyl halides is 1. The minimum absolute atomic E-state index is 0.107. The van der Waals surface area contributed by atoms with Crippen molar-refractivity contribution in [3.63, 3.8) is 0 Å². The van der Waals surface area contributed by atoms with E-state index in [-0.39, 0.29) is 28.2 Å². The van der Waals surface area contributed by atoms with Crippen molar-refractivity contribution < 1.29 is 9.18 Å². The molecule has 21 heavy (non-hydrogen) atoms. The van der Waals surface area contributed by atoms with Crippen molar-refractivity contribution in [1.82, 2.24) is 14.1 Å². The highest BCUT2D eigenvalue weighted by molar-refractivity contribution is 6.30. The highest BCUT2D eigenvalue weighted by Gasteiger charge is 2.14. The Labute approximate surface area is 129 Å². The molecule has 0 saturated heterocycles. The monoisotopic (exact) mass is 332 g/mol. The quantitative estimate of drug-likeness (QED) is 0.932. The van der Waals surface area contributed by atoms with Crippen LogP contribution in [0.25, 0.3) is 0 Å². The Morgan fingerprint density at radius 1 is 1.48 bits per heavy atom. The Bertz CT molecular complexity index is 741. The lowest BCUT2D eigenvalue weighted by atomic mass is 10.3. The molecule has 2 aromatic rings. The van der Waals surface area contributed by atoms with Gasteiger partial charge in [-0.3, -0.25) is 9.59 Å². The number of hydrogen-bond donors (Lipinski definition) is 1. The summed E-state index contributed by atoms with van der Waals surface area (Å²) in [5, 5.41) is 2.61. The van der Waals surface area contributed by atoms with E-state index in [4.69, 9.17) is 23.2 Å². The molecule has 0 aliphatic rings. The van der Waals surface area contributed by atoms with E-state index in [1.165, 1.54) is 23.0 Å². The van der Waals surface area contributed by atoms with E-state index < -0.39 is 18.1 Å². The first-order chi connectivity index (χ1) is 9.93. The summed E-state index contributed by atoms with van der Waals surface area (Å²) < 4.78 is 14.9. The van der Waals surface area contributed by atoms with Crippen LogP contribution in [0.2, 0.25) is 10.3 Å². The van der Waals surface area contributed by atoms with Gasteiger partial charge < -0.3 is 14.5 Å². The van der Waals surface area contributed by atoms with Gasteiger partial charge in [0.05, 0.1) is 18.4 Å². The maximum absolute atomic E-state index is 12.4. The zero-order chi connectivity index (χ0) is 15.6. The molecule has 0 spiro atoms. The molecule has 0 saturated carbocycles. The van der Waals surface area contributed by atoms with Crippen LogP contribution < -0.4 is 10.9 Å². The van der Waals surface area contributed by atoms with Crippen LogP contribution in [0.5, 0.6) is 0 Å². The molecule has 2 rings (SSSR count). The van der Waals surface area contributed by atoms with Gasteiger partial charge in [0.25, 0.3) is 11.5 Å². The van der Waals surface area contributed by atoms with Crippen molar-refractivity contribution >= 4 is 34.8 Å². The van der Waals surface area contributed by atoms with Crippen LogP contribution in [-0.4, -0.2) is 26.7 Å². The molecule has 0 radical (unpaired) electrons. The maximum atomic E-state index is 12.4. The highest BCUT2D eigenvalue weighted by atomic mass is 35.5. The molecule has 6 nitrogen and oxygen atoms in total. The second kappa shape index (κ2) is 6.28. The lowest BCUT2D eigenvalue weighted by molar-refractivity contribution is 0.101. The first-order valence-corrected chi connectivity index (χ1v) is 6.64. The number of carbonyl (C=O) groups is 1. The Morgan fingerprint density at radius 2 is 2.19 bits per heavy atom. The number of nitrogens with zero attached hydrogens (tertiary/aromatic N) is 3. The van der Waals surface area contributed by atoms with Gasteiger partial charge in [-0.25, -0.2) is 9.37 Å². The van der Waals surface area contributed by atoms with Gasteiger partial charge in [-0.2, -0.15) is 0 Å². The summed E-state index contributed by atoms with van der Waals surface area (Å²) >= 11 is 11.5. The number of carbonyl (C=O) groups excluding carboxylic acids is 1. The fraction of sp³-hybridized carbons (Fsp3) is 0.250. The number of anilines is 1. The number of hydrogen-bond acceptors (Lipinski definition) is 3. The average Bonchev–Trinajstić information content (AvgIpc) is 2.76. The topological polar surface area (TPSA) is 68.9 Å². The van der Waals surface area contributed by atoms with E-state index in [0.29, 0.717) is 0 Å². The van der Waals surface area contributed by atoms with Crippen LogP contribution in [-0.2, 0) is 13.6 Å². The molecule has 0 aromatic carbocycles. The van der Waals surface area contributed by atoms with E-state index in [1.54, 1.807) is 7.05 Å². The molecule has 0 fully saturated rings. The Kier molecular flexibility index (Phi) is 4.64. The van der Waals surface area contributed by atoms with Crippen molar-refractivity contribution in [2.24, 2.45) is 7.05 Å². The lowest BCUT2D eigenvalue weighted by Crippen LogP contribution is -2.23. The summed E-state index contributed by atoms with van der Waals surface area (Å²) in [6.07, 6.45) is 2.64. The summed E-state index contributed by atoms with van der Waals surface area (Å²) in [7, 11) is 1.58. The highest BCUT2D eigenvalue weighted by Crippen LogP contribution is 2.14. The fourth-order valence-corrected chi connectivity index (χ4v) is 2.08. The minimum Gasteiger partial charge on any atom is -0.319 e. The normalized spacial score (nSPS) is 10.7. The number of halogens is 3. The number of aromatic nitrogens is 3.